The summed E-state index contributed by atoms with van der Waals surface area (Å²) in [6, 6.07) is 9.57. The van der Waals surface area contributed by atoms with Crippen LogP contribution in [0.5, 0.6) is 0 Å². The van der Waals surface area contributed by atoms with Crippen LogP contribution < -0.4 is 4.90 Å². The number of nitrogens with zero attached hydrogens (tertiary/aromatic N) is 2. The first-order chi connectivity index (χ1) is 12.3. The SMILES string of the molecule is Cc1c(Cl)cccc1N1CCN(C(=O)c2ccc(Cl)cc2Cl)C(C)C1=O. The molecule has 4 nitrogen and oxygen atoms in total. The van der Waals surface area contributed by atoms with Crippen LogP contribution in [0.15, 0.2) is 36.4 Å². The van der Waals surface area contributed by atoms with Gasteiger partial charge in [-0.05, 0) is 49.7 Å². The van der Waals surface area contributed by atoms with Gasteiger partial charge in [-0.1, -0.05) is 40.9 Å². The quantitative estimate of drug-likeness (QED) is 0.710. The predicted octanol–water partition coefficient (Wildman–Crippen LogP) is 4.83. The molecule has 1 unspecified atom stereocenters. The zero-order valence-corrected chi connectivity index (χ0v) is 16.6. The fourth-order valence-electron chi connectivity index (χ4n) is 3.09. The lowest BCUT2D eigenvalue weighted by molar-refractivity contribution is -0.124. The van der Waals surface area contributed by atoms with Gasteiger partial charge in [0.25, 0.3) is 5.91 Å². The molecule has 0 aromatic heterocycles. The molecular weight excluding hydrogens is 395 g/mol. The first-order valence-corrected chi connectivity index (χ1v) is 9.27. The number of carbonyl (C=O) groups excluding carboxylic acids is 2. The van der Waals surface area contributed by atoms with Crippen molar-refractivity contribution in [3.05, 3.63) is 62.6 Å². The molecule has 1 atom stereocenters. The van der Waals surface area contributed by atoms with Crippen LogP contribution in [0.1, 0.15) is 22.8 Å². The van der Waals surface area contributed by atoms with Gasteiger partial charge in [0.15, 0.2) is 0 Å². The summed E-state index contributed by atoms with van der Waals surface area (Å²) in [6.45, 7) is 4.38. The van der Waals surface area contributed by atoms with Crippen LogP contribution in [-0.4, -0.2) is 35.8 Å². The fourth-order valence-corrected chi connectivity index (χ4v) is 3.75. The summed E-state index contributed by atoms with van der Waals surface area (Å²) in [7, 11) is 0. The van der Waals surface area contributed by atoms with Crippen molar-refractivity contribution >= 4 is 52.3 Å². The van der Waals surface area contributed by atoms with E-state index < -0.39 is 6.04 Å². The van der Waals surface area contributed by atoms with E-state index in [4.69, 9.17) is 34.8 Å². The molecule has 26 heavy (non-hydrogen) atoms. The Balaban J connectivity index is 1.86. The van der Waals surface area contributed by atoms with Crippen LogP contribution in [0.4, 0.5) is 5.69 Å². The van der Waals surface area contributed by atoms with Gasteiger partial charge in [0.1, 0.15) is 6.04 Å². The van der Waals surface area contributed by atoms with Gasteiger partial charge in [-0.25, -0.2) is 0 Å². The maximum atomic E-state index is 12.9. The molecule has 1 heterocycles. The Morgan fingerprint density at radius 1 is 1.08 bits per heavy atom. The molecule has 1 aliphatic heterocycles. The Bertz CT molecular complexity index is 885. The van der Waals surface area contributed by atoms with E-state index in [1.807, 2.05) is 19.1 Å². The molecule has 0 radical (unpaired) electrons. The van der Waals surface area contributed by atoms with E-state index in [0.717, 1.165) is 11.3 Å². The Hall–Kier alpha value is -1.75. The summed E-state index contributed by atoms with van der Waals surface area (Å²) in [4.78, 5) is 29.0. The second-order valence-electron chi connectivity index (χ2n) is 6.17. The molecule has 136 valence electrons. The highest BCUT2D eigenvalue weighted by atomic mass is 35.5. The van der Waals surface area contributed by atoms with Crippen LogP contribution >= 0.6 is 34.8 Å². The molecule has 2 aromatic carbocycles. The van der Waals surface area contributed by atoms with Crippen LogP contribution in [0.3, 0.4) is 0 Å². The normalized spacial score (nSPS) is 17.6. The zero-order chi connectivity index (χ0) is 19.0. The number of rotatable bonds is 2. The minimum absolute atomic E-state index is 0.153. The minimum atomic E-state index is -0.610. The van der Waals surface area contributed by atoms with Gasteiger partial charge in [0.2, 0.25) is 5.91 Å². The molecule has 2 aromatic rings. The molecule has 0 bridgehead atoms. The molecule has 7 heteroatoms. The molecule has 0 saturated carbocycles. The highest BCUT2D eigenvalue weighted by molar-refractivity contribution is 6.36. The zero-order valence-electron chi connectivity index (χ0n) is 14.3. The molecule has 1 saturated heterocycles. The van der Waals surface area contributed by atoms with Crippen LogP contribution in [0, 0.1) is 6.92 Å². The number of piperazine rings is 1. The van der Waals surface area contributed by atoms with E-state index in [9.17, 15) is 9.59 Å². The van der Waals surface area contributed by atoms with Gasteiger partial charge in [-0.2, -0.15) is 0 Å². The second-order valence-corrected chi connectivity index (χ2v) is 7.42. The molecule has 3 rings (SSSR count). The monoisotopic (exact) mass is 410 g/mol. The molecular formula is C19H17Cl3N2O2. The van der Waals surface area contributed by atoms with E-state index in [1.54, 1.807) is 30.0 Å². The number of benzene rings is 2. The summed E-state index contributed by atoms with van der Waals surface area (Å²) < 4.78 is 0. The van der Waals surface area contributed by atoms with Crippen molar-refractivity contribution < 1.29 is 9.59 Å². The van der Waals surface area contributed by atoms with Crippen LogP contribution in [0.25, 0.3) is 0 Å². The highest BCUT2D eigenvalue weighted by Crippen LogP contribution is 2.30. The average Bonchev–Trinajstić information content (AvgIpc) is 2.59. The number of carbonyl (C=O) groups is 2. The second kappa shape index (κ2) is 7.47. The largest absolute Gasteiger partial charge is 0.325 e. The van der Waals surface area contributed by atoms with Crippen LogP contribution in [0.2, 0.25) is 15.1 Å². The Morgan fingerprint density at radius 2 is 1.81 bits per heavy atom. The Kier molecular flexibility index (Phi) is 5.47. The van der Waals surface area contributed by atoms with E-state index in [-0.39, 0.29) is 16.8 Å². The topological polar surface area (TPSA) is 40.6 Å². The van der Waals surface area contributed by atoms with Gasteiger partial charge >= 0.3 is 0 Å². The van der Waals surface area contributed by atoms with Gasteiger partial charge < -0.3 is 9.80 Å². The van der Waals surface area contributed by atoms with Crippen molar-refractivity contribution in [2.75, 3.05) is 18.0 Å². The third kappa shape index (κ3) is 3.41. The molecule has 1 fully saturated rings. The Morgan fingerprint density at radius 3 is 2.50 bits per heavy atom. The summed E-state index contributed by atoms with van der Waals surface area (Å²) in [5.74, 6) is -0.435. The van der Waals surface area contributed by atoms with Crippen LogP contribution in [-0.2, 0) is 4.79 Å². The van der Waals surface area contributed by atoms with E-state index in [0.29, 0.717) is 28.7 Å². The van der Waals surface area contributed by atoms with Gasteiger partial charge in [-0.15, -0.1) is 0 Å². The fraction of sp³-hybridized carbons (Fsp3) is 0.263. The van der Waals surface area contributed by atoms with Gasteiger partial charge in [0.05, 0.1) is 10.6 Å². The summed E-state index contributed by atoms with van der Waals surface area (Å²) in [5, 5.41) is 1.33. The van der Waals surface area contributed by atoms with Gasteiger partial charge in [-0.3, -0.25) is 9.59 Å². The molecule has 0 aliphatic carbocycles. The van der Waals surface area contributed by atoms with E-state index in [1.165, 1.54) is 11.0 Å². The number of hydrogen-bond donors (Lipinski definition) is 0. The van der Waals surface area contributed by atoms with Crippen molar-refractivity contribution in [1.29, 1.82) is 0 Å². The lowest BCUT2D eigenvalue weighted by Crippen LogP contribution is -2.58. The van der Waals surface area contributed by atoms with Crippen molar-refractivity contribution in [2.45, 2.75) is 19.9 Å². The number of halogens is 3. The van der Waals surface area contributed by atoms with Crippen molar-refractivity contribution in [2.24, 2.45) is 0 Å². The first kappa shape index (κ1) is 19.0. The number of anilines is 1. The predicted molar refractivity (Wildman–Crippen MR) is 106 cm³/mol. The summed E-state index contributed by atoms with van der Waals surface area (Å²) >= 11 is 18.2. The average molecular weight is 412 g/mol. The molecule has 2 amide bonds. The lowest BCUT2D eigenvalue weighted by atomic mass is 10.1. The lowest BCUT2D eigenvalue weighted by Gasteiger charge is -2.39. The smallest absolute Gasteiger partial charge is 0.256 e. The van der Waals surface area contributed by atoms with E-state index >= 15 is 0 Å². The summed E-state index contributed by atoms with van der Waals surface area (Å²) in [5.41, 5.74) is 1.95. The maximum absolute atomic E-state index is 12.9. The first-order valence-electron chi connectivity index (χ1n) is 8.13. The Labute approximate surface area is 167 Å². The minimum Gasteiger partial charge on any atom is -0.325 e. The molecule has 1 aliphatic rings. The van der Waals surface area contributed by atoms with Crippen molar-refractivity contribution in [1.82, 2.24) is 4.90 Å². The van der Waals surface area contributed by atoms with Crippen molar-refractivity contribution in [3.8, 4) is 0 Å². The third-order valence-electron chi connectivity index (χ3n) is 4.61. The molecule has 0 N–H and O–H groups in total. The van der Waals surface area contributed by atoms with Crippen molar-refractivity contribution in [3.63, 3.8) is 0 Å². The molecule has 0 spiro atoms. The third-order valence-corrected chi connectivity index (χ3v) is 5.57. The highest BCUT2D eigenvalue weighted by Gasteiger charge is 2.36. The number of hydrogen-bond acceptors (Lipinski definition) is 2. The van der Waals surface area contributed by atoms with Gasteiger partial charge in [0, 0.05) is 28.8 Å². The maximum Gasteiger partial charge on any atom is 0.256 e. The number of amides is 2. The van der Waals surface area contributed by atoms with E-state index in [2.05, 4.69) is 0 Å². The standard InChI is InChI=1S/C19H17Cl3N2O2/c1-11-15(21)4-3-5-17(11)24-9-8-23(12(2)18(24)25)19(26)14-7-6-13(20)10-16(14)22/h3-7,10,12H,8-9H2,1-2H3. The summed E-state index contributed by atoms with van der Waals surface area (Å²) in [6.07, 6.45) is 0.